The van der Waals surface area contributed by atoms with Gasteiger partial charge in [0.2, 0.25) is 0 Å². The van der Waals surface area contributed by atoms with Gasteiger partial charge in [-0.1, -0.05) is 38.7 Å². The standard InChI is InChI=1S/C10H10BrClN4O2/c11-8-5-6(12)1-2-7(8)9(10(17)18)14-3-4-15-16-13/h1-2,5,9,14H,3-4H2,(H,17,18). The summed E-state index contributed by atoms with van der Waals surface area (Å²) >= 11 is 9.06. The van der Waals surface area contributed by atoms with Crippen LogP contribution in [0.2, 0.25) is 5.02 Å². The molecule has 0 aliphatic heterocycles. The van der Waals surface area contributed by atoms with E-state index in [9.17, 15) is 4.79 Å². The van der Waals surface area contributed by atoms with Crippen molar-refractivity contribution in [3.05, 3.63) is 43.7 Å². The van der Waals surface area contributed by atoms with E-state index in [2.05, 4.69) is 31.3 Å². The fourth-order valence-corrected chi connectivity index (χ4v) is 2.28. The Morgan fingerprint density at radius 1 is 1.67 bits per heavy atom. The summed E-state index contributed by atoms with van der Waals surface area (Å²) in [6.07, 6.45) is 0. The van der Waals surface area contributed by atoms with Crippen LogP contribution in [0.15, 0.2) is 27.8 Å². The maximum absolute atomic E-state index is 11.2. The summed E-state index contributed by atoms with van der Waals surface area (Å²) in [7, 11) is 0. The molecule has 0 amide bonds. The molecule has 1 aromatic rings. The molecular weight excluding hydrogens is 323 g/mol. The molecule has 0 bridgehead atoms. The van der Waals surface area contributed by atoms with E-state index in [4.69, 9.17) is 22.2 Å². The second kappa shape index (κ2) is 7.23. The molecule has 0 heterocycles. The highest BCUT2D eigenvalue weighted by molar-refractivity contribution is 9.10. The number of carboxylic acid groups (broad SMARTS) is 1. The molecule has 2 N–H and O–H groups in total. The molecule has 1 unspecified atom stereocenters. The quantitative estimate of drug-likeness (QED) is 0.362. The van der Waals surface area contributed by atoms with Crippen LogP contribution in [0, 0.1) is 0 Å². The Hall–Kier alpha value is -1.27. The van der Waals surface area contributed by atoms with Crippen molar-refractivity contribution in [2.75, 3.05) is 13.1 Å². The number of carbonyl (C=O) groups is 1. The lowest BCUT2D eigenvalue weighted by atomic mass is 10.1. The summed E-state index contributed by atoms with van der Waals surface area (Å²) in [5.74, 6) is -1.01. The first kappa shape index (κ1) is 14.8. The van der Waals surface area contributed by atoms with Crippen molar-refractivity contribution in [2.24, 2.45) is 5.11 Å². The van der Waals surface area contributed by atoms with E-state index in [1.165, 1.54) is 0 Å². The van der Waals surface area contributed by atoms with Gasteiger partial charge >= 0.3 is 5.97 Å². The Bertz CT molecular complexity index is 491. The third kappa shape index (κ3) is 4.19. The molecule has 0 fully saturated rings. The van der Waals surface area contributed by atoms with Crippen molar-refractivity contribution >= 4 is 33.5 Å². The molecular formula is C10H10BrClN4O2. The van der Waals surface area contributed by atoms with Gasteiger partial charge in [-0.05, 0) is 23.2 Å². The van der Waals surface area contributed by atoms with Gasteiger partial charge in [0.05, 0.1) is 0 Å². The van der Waals surface area contributed by atoms with E-state index in [1.807, 2.05) is 0 Å². The number of hydrogen-bond donors (Lipinski definition) is 2. The number of hydrogen-bond acceptors (Lipinski definition) is 3. The zero-order valence-electron chi connectivity index (χ0n) is 9.18. The molecule has 96 valence electrons. The van der Waals surface area contributed by atoms with Crippen molar-refractivity contribution in [3.63, 3.8) is 0 Å². The van der Waals surface area contributed by atoms with Crippen molar-refractivity contribution in [2.45, 2.75) is 6.04 Å². The Balaban J connectivity index is 2.84. The predicted molar refractivity (Wildman–Crippen MR) is 71.5 cm³/mol. The van der Waals surface area contributed by atoms with Gasteiger partial charge in [0.25, 0.3) is 0 Å². The molecule has 0 aromatic heterocycles. The van der Waals surface area contributed by atoms with Gasteiger partial charge in [-0.3, -0.25) is 4.79 Å². The van der Waals surface area contributed by atoms with Gasteiger partial charge in [-0.25, -0.2) is 0 Å². The largest absolute Gasteiger partial charge is 0.480 e. The summed E-state index contributed by atoms with van der Waals surface area (Å²) < 4.78 is 0.610. The third-order valence-corrected chi connectivity index (χ3v) is 3.07. The normalized spacial score (nSPS) is 11.7. The minimum Gasteiger partial charge on any atom is -0.480 e. The maximum Gasteiger partial charge on any atom is 0.325 e. The second-order valence-corrected chi connectivity index (χ2v) is 4.64. The predicted octanol–water partition coefficient (Wildman–Crippen LogP) is 3.13. The molecule has 0 aliphatic rings. The Kier molecular flexibility index (Phi) is 5.94. The van der Waals surface area contributed by atoms with Crippen LogP contribution in [0.25, 0.3) is 10.4 Å². The van der Waals surface area contributed by atoms with Crippen molar-refractivity contribution < 1.29 is 9.90 Å². The SMILES string of the molecule is [N-]=[N+]=NCCNC(C(=O)O)c1ccc(Cl)cc1Br. The molecule has 0 spiro atoms. The Morgan fingerprint density at radius 3 is 2.94 bits per heavy atom. The van der Waals surface area contributed by atoms with E-state index in [1.54, 1.807) is 18.2 Å². The molecule has 1 atom stereocenters. The third-order valence-electron chi connectivity index (χ3n) is 2.14. The fraction of sp³-hybridized carbons (Fsp3) is 0.300. The average molecular weight is 334 g/mol. The van der Waals surface area contributed by atoms with Crippen molar-refractivity contribution in [1.82, 2.24) is 5.32 Å². The van der Waals surface area contributed by atoms with E-state index < -0.39 is 12.0 Å². The minimum absolute atomic E-state index is 0.186. The number of aliphatic carboxylic acids is 1. The Labute approximate surface area is 117 Å². The van der Waals surface area contributed by atoms with E-state index in [0.29, 0.717) is 15.1 Å². The molecule has 0 saturated heterocycles. The number of carboxylic acids is 1. The van der Waals surface area contributed by atoms with E-state index in [0.717, 1.165) is 0 Å². The molecule has 0 saturated carbocycles. The number of halogens is 2. The van der Waals surface area contributed by atoms with Gasteiger partial charge in [-0.2, -0.15) is 0 Å². The van der Waals surface area contributed by atoms with Crippen molar-refractivity contribution in [3.8, 4) is 0 Å². The first-order valence-electron chi connectivity index (χ1n) is 4.98. The summed E-state index contributed by atoms with van der Waals surface area (Å²) in [6, 6.07) is 3.99. The van der Waals surface area contributed by atoms with Crippen LogP contribution in [0.4, 0.5) is 0 Å². The molecule has 6 nitrogen and oxygen atoms in total. The molecule has 8 heteroatoms. The number of azide groups is 1. The maximum atomic E-state index is 11.2. The smallest absolute Gasteiger partial charge is 0.325 e. The Morgan fingerprint density at radius 2 is 2.39 bits per heavy atom. The fourth-order valence-electron chi connectivity index (χ4n) is 1.37. The van der Waals surface area contributed by atoms with Crippen molar-refractivity contribution in [1.29, 1.82) is 0 Å². The number of benzene rings is 1. The summed E-state index contributed by atoms with van der Waals surface area (Å²) in [5.41, 5.74) is 8.69. The monoisotopic (exact) mass is 332 g/mol. The highest BCUT2D eigenvalue weighted by Gasteiger charge is 2.21. The van der Waals surface area contributed by atoms with Gasteiger partial charge in [0.1, 0.15) is 6.04 Å². The van der Waals surface area contributed by atoms with E-state index in [-0.39, 0.29) is 13.1 Å². The second-order valence-electron chi connectivity index (χ2n) is 3.35. The van der Waals surface area contributed by atoms with Gasteiger partial charge < -0.3 is 10.4 Å². The lowest BCUT2D eigenvalue weighted by Crippen LogP contribution is -2.30. The van der Waals surface area contributed by atoms with Gasteiger partial charge in [-0.15, -0.1) is 0 Å². The highest BCUT2D eigenvalue weighted by Crippen LogP contribution is 2.26. The topological polar surface area (TPSA) is 98.1 Å². The van der Waals surface area contributed by atoms with Gasteiger partial charge in [0.15, 0.2) is 0 Å². The molecule has 1 rings (SSSR count). The summed E-state index contributed by atoms with van der Waals surface area (Å²) in [4.78, 5) is 13.8. The van der Waals surface area contributed by atoms with Gasteiger partial charge in [0, 0.05) is 27.5 Å². The summed E-state index contributed by atoms with van der Waals surface area (Å²) in [6.45, 7) is 0.460. The zero-order chi connectivity index (χ0) is 13.5. The number of nitrogens with zero attached hydrogens (tertiary/aromatic N) is 3. The minimum atomic E-state index is -1.01. The first-order chi connectivity index (χ1) is 8.56. The lowest BCUT2D eigenvalue weighted by Gasteiger charge is -2.15. The zero-order valence-corrected chi connectivity index (χ0v) is 11.5. The van der Waals surface area contributed by atoms with Crippen LogP contribution in [-0.2, 0) is 4.79 Å². The molecule has 18 heavy (non-hydrogen) atoms. The molecule has 1 aromatic carbocycles. The highest BCUT2D eigenvalue weighted by atomic mass is 79.9. The van der Waals surface area contributed by atoms with Crippen LogP contribution in [0.1, 0.15) is 11.6 Å². The number of rotatable bonds is 6. The van der Waals surface area contributed by atoms with Crippen LogP contribution < -0.4 is 5.32 Å². The average Bonchev–Trinajstić information content (AvgIpc) is 2.30. The van der Waals surface area contributed by atoms with Crippen LogP contribution in [-0.4, -0.2) is 24.2 Å². The first-order valence-corrected chi connectivity index (χ1v) is 6.15. The molecule has 0 radical (unpaired) electrons. The lowest BCUT2D eigenvalue weighted by molar-refractivity contribution is -0.139. The van der Waals surface area contributed by atoms with E-state index >= 15 is 0 Å². The van der Waals surface area contributed by atoms with Crippen LogP contribution in [0.5, 0.6) is 0 Å². The number of nitrogens with one attached hydrogen (secondary N) is 1. The van der Waals surface area contributed by atoms with Crippen LogP contribution in [0.3, 0.4) is 0 Å². The molecule has 0 aliphatic carbocycles. The summed E-state index contributed by atoms with van der Waals surface area (Å²) in [5, 5.41) is 15.8. The van der Waals surface area contributed by atoms with Crippen LogP contribution >= 0.6 is 27.5 Å².